The quantitative estimate of drug-likeness (QED) is 0.490. The van der Waals surface area contributed by atoms with Gasteiger partial charge in [0.05, 0.1) is 19.6 Å². The van der Waals surface area contributed by atoms with E-state index in [0.717, 1.165) is 27.9 Å². The minimum Gasteiger partial charge on any atom is -0.497 e. The monoisotopic (exact) mass is 502 g/mol. The van der Waals surface area contributed by atoms with Gasteiger partial charge in [-0.15, -0.1) is 0 Å². The number of hydrogen-bond donors (Lipinski definition) is 2. The molecule has 0 aromatic heterocycles. The molecule has 0 bridgehead atoms. The van der Waals surface area contributed by atoms with Crippen LogP contribution >= 0.6 is 0 Å². The third-order valence-electron chi connectivity index (χ3n) is 7.17. The smallest absolute Gasteiger partial charge is 0.309 e. The van der Waals surface area contributed by atoms with Crippen LogP contribution in [0.25, 0.3) is 0 Å². The second kappa shape index (κ2) is 10.1. The number of anilines is 1. The number of carbonyl (C=O) groups is 2. The zero-order valence-corrected chi connectivity index (χ0v) is 21.1. The van der Waals surface area contributed by atoms with Crippen LogP contribution in [0.1, 0.15) is 34.2 Å². The zero-order valence-electron chi connectivity index (χ0n) is 21.1. The number of methoxy groups -OCH3 is 1. The number of aryl methyl sites for hydroxylation is 2. The number of aliphatic carboxylic acids is 1. The molecular formula is C29H30N2O6. The number of carbonyl (C=O) groups excluding carboxylic acids is 1. The molecule has 0 saturated carbocycles. The van der Waals surface area contributed by atoms with Crippen LogP contribution in [0, 0.1) is 19.8 Å². The van der Waals surface area contributed by atoms with Crippen LogP contribution in [-0.4, -0.2) is 48.9 Å². The number of nitrogens with zero attached hydrogens (tertiary/aromatic N) is 1. The summed E-state index contributed by atoms with van der Waals surface area (Å²) in [5.41, 5.74) is 4.50. The van der Waals surface area contributed by atoms with E-state index in [0.29, 0.717) is 23.8 Å². The van der Waals surface area contributed by atoms with Crippen LogP contribution in [0.3, 0.4) is 0 Å². The van der Waals surface area contributed by atoms with E-state index in [9.17, 15) is 14.7 Å². The van der Waals surface area contributed by atoms with Crippen molar-refractivity contribution in [1.29, 1.82) is 0 Å². The first kappa shape index (κ1) is 24.6. The lowest BCUT2D eigenvalue weighted by Gasteiger charge is -2.27. The van der Waals surface area contributed by atoms with E-state index in [-0.39, 0.29) is 25.2 Å². The second-order valence-corrected chi connectivity index (χ2v) is 9.60. The van der Waals surface area contributed by atoms with E-state index in [1.165, 1.54) is 0 Å². The van der Waals surface area contributed by atoms with E-state index in [1.54, 1.807) is 7.11 Å². The first-order valence-corrected chi connectivity index (χ1v) is 12.2. The third-order valence-corrected chi connectivity index (χ3v) is 7.17. The average molecular weight is 503 g/mol. The molecule has 8 nitrogen and oxygen atoms in total. The lowest BCUT2D eigenvalue weighted by Crippen LogP contribution is -2.35. The summed E-state index contributed by atoms with van der Waals surface area (Å²) in [4.78, 5) is 27.9. The Labute approximate surface area is 215 Å². The Morgan fingerprint density at radius 3 is 2.43 bits per heavy atom. The van der Waals surface area contributed by atoms with Gasteiger partial charge in [-0.3, -0.25) is 14.5 Å². The lowest BCUT2D eigenvalue weighted by atomic mass is 9.82. The number of benzene rings is 3. The fourth-order valence-corrected chi connectivity index (χ4v) is 5.40. The molecular weight excluding hydrogens is 472 g/mol. The number of fused-ring (bicyclic) bond motifs is 1. The van der Waals surface area contributed by atoms with E-state index in [1.807, 2.05) is 79.4 Å². The summed E-state index contributed by atoms with van der Waals surface area (Å²) in [6, 6.07) is 18.3. The maximum Gasteiger partial charge on any atom is 0.309 e. The SMILES string of the molecule is COc1ccc([C@H]2[C@H](C(=O)O)[C@@H](c3ccc4c(c3)OCO4)CN2CC(=O)Nc2ccc(C)cc2C)cc1. The molecule has 0 spiro atoms. The van der Waals surface area contributed by atoms with Gasteiger partial charge in [-0.1, -0.05) is 35.9 Å². The van der Waals surface area contributed by atoms with Gasteiger partial charge in [0.25, 0.3) is 0 Å². The molecule has 192 valence electrons. The van der Waals surface area contributed by atoms with Crippen molar-refractivity contribution < 1.29 is 28.9 Å². The van der Waals surface area contributed by atoms with Crippen LogP contribution in [0.4, 0.5) is 5.69 Å². The molecule has 1 fully saturated rings. The molecule has 3 aromatic carbocycles. The number of amides is 1. The molecule has 2 heterocycles. The van der Waals surface area contributed by atoms with Gasteiger partial charge in [0.1, 0.15) is 5.75 Å². The molecule has 3 aromatic rings. The Morgan fingerprint density at radius 1 is 1.00 bits per heavy atom. The number of carboxylic acids is 1. The molecule has 1 amide bonds. The molecule has 2 aliphatic heterocycles. The first-order valence-electron chi connectivity index (χ1n) is 12.2. The predicted octanol–water partition coefficient (Wildman–Crippen LogP) is 4.52. The summed E-state index contributed by atoms with van der Waals surface area (Å²) in [6.45, 7) is 4.55. The molecule has 2 N–H and O–H groups in total. The Hall–Kier alpha value is -4.04. The van der Waals surface area contributed by atoms with Gasteiger partial charge in [0.2, 0.25) is 12.7 Å². The normalized spacial score (nSPS) is 20.6. The van der Waals surface area contributed by atoms with Crippen molar-refractivity contribution in [2.45, 2.75) is 25.8 Å². The van der Waals surface area contributed by atoms with Gasteiger partial charge in [-0.25, -0.2) is 0 Å². The Balaban J connectivity index is 1.47. The van der Waals surface area contributed by atoms with Crippen LogP contribution in [0.5, 0.6) is 17.2 Å². The highest BCUT2D eigenvalue weighted by Crippen LogP contribution is 2.47. The maximum absolute atomic E-state index is 13.2. The van der Waals surface area contributed by atoms with Gasteiger partial charge < -0.3 is 24.6 Å². The van der Waals surface area contributed by atoms with Gasteiger partial charge in [-0.05, 0) is 60.9 Å². The number of hydrogen-bond acceptors (Lipinski definition) is 6. The summed E-state index contributed by atoms with van der Waals surface area (Å²) in [6.07, 6.45) is 0. The minimum atomic E-state index is -0.916. The maximum atomic E-state index is 13.2. The van der Waals surface area contributed by atoms with Gasteiger partial charge in [0, 0.05) is 24.2 Å². The highest BCUT2D eigenvalue weighted by molar-refractivity contribution is 5.93. The molecule has 37 heavy (non-hydrogen) atoms. The topological polar surface area (TPSA) is 97.3 Å². The molecule has 0 radical (unpaired) electrons. The number of ether oxygens (including phenoxy) is 3. The van der Waals surface area contributed by atoms with E-state index in [4.69, 9.17) is 14.2 Å². The van der Waals surface area contributed by atoms with Crippen molar-refractivity contribution in [1.82, 2.24) is 4.90 Å². The molecule has 3 atom stereocenters. The van der Waals surface area contributed by atoms with Crippen molar-refractivity contribution >= 4 is 17.6 Å². The summed E-state index contributed by atoms with van der Waals surface area (Å²) in [5, 5.41) is 13.4. The number of nitrogens with one attached hydrogen (secondary N) is 1. The van der Waals surface area contributed by atoms with Crippen molar-refractivity contribution in [3.63, 3.8) is 0 Å². The fourth-order valence-electron chi connectivity index (χ4n) is 5.40. The summed E-state index contributed by atoms with van der Waals surface area (Å²) in [7, 11) is 1.59. The Morgan fingerprint density at radius 2 is 1.73 bits per heavy atom. The molecule has 8 heteroatoms. The molecule has 2 aliphatic rings. The second-order valence-electron chi connectivity index (χ2n) is 9.60. The highest BCUT2D eigenvalue weighted by Gasteiger charge is 2.48. The van der Waals surface area contributed by atoms with Crippen LogP contribution < -0.4 is 19.5 Å². The van der Waals surface area contributed by atoms with Gasteiger partial charge >= 0.3 is 5.97 Å². The number of likely N-dealkylation sites (tertiary alicyclic amines) is 1. The highest BCUT2D eigenvalue weighted by atomic mass is 16.7. The van der Waals surface area contributed by atoms with Crippen molar-refractivity contribution in [3.05, 3.63) is 82.9 Å². The van der Waals surface area contributed by atoms with Gasteiger partial charge in [0.15, 0.2) is 11.5 Å². The summed E-state index contributed by atoms with van der Waals surface area (Å²) >= 11 is 0. The molecule has 5 rings (SSSR count). The van der Waals surface area contributed by atoms with Crippen LogP contribution in [0.2, 0.25) is 0 Å². The fraction of sp³-hybridized carbons (Fsp3) is 0.310. The Kier molecular flexibility index (Phi) is 6.76. The predicted molar refractivity (Wildman–Crippen MR) is 138 cm³/mol. The van der Waals surface area contributed by atoms with E-state index in [2.05, 4.69) is 5.32 Å². The lowest BCUT2D eigenvalue weighted by molar-refractivity contribution is -0.143. The molecule has 0 aliphatic carbocycles. The van der Waals surface area contributed by atoms with Crippen LogP contribution in [0.15, 0.2) is 60.7 Å². The number of rotatable bonds is 7. The van der Waals surface area contributed by atoms with Crippen molar-refractivity contribution in [2.24, 2.45) is 5.92 Å². The molecule has 0 unspecified atom stereocenters. The largest absolute Gasteiger partial charge is 0.497 e. The average Bonchev–Trinajstić information content (AvgIpc) is 3.50. The number of carboxylic acid groups (broad SMARTS) is 1. The standard InChI is InChI=1S/C29H30N2O6/c1-17-4-10-23(18(2)12-17)30-26(32)15-31-14-22(20-7-11-24-25(13-20)37-16-36-24)27(29(33)34)28(31)19-5-8-21(35-3)9-6-19/h4-13,22,27-28H,14-16H2,1-3H3,(H,30,32)(H,33,34)/t22-,27-,28+/m1/s1. The molecule has 1 saturated heterocycles. The summed E-state index contributed by atoms with van der Waals surface area (Å²) < 4.78 is 16.3. The third kappa shape index (κ3) is 4.97. The van der Waals surface area contributed by atoms with Crippen LogP contribution in [-0.2, 0) is 9.59 Å². The minimum absolute atomic E-state index is 0.0504. The zero-order chi connectivity index (χ0) is 26.1. The van der Waals surface area contributed by atoms with E-state index >= 15 is 0 Å². The van der Waals surface area contributed by atoms with Crippen molar-refractivity contribution in [2.75, 3.05) is 32.3 Å². The Bertz CT molecular complexity index is 1320. The first-order chi connectivity index (χ1) is 17.8. The van der Waals surface area contributed by atoms with E-state index < -0.39 is 17.9 Å². The van der Waals surface area contributed by atoms with Crippen molar-refractivity contribution in [3.8, 4) is 17.2 Å². The van der Waals surface area contributed by atoms with Gasteiger partial charge in [-0.2, -0.15) is 0 Å². The summed E-state index contributed by atoms with van der Waals surface area (Å²) in [5.74, 6) is -0.309.